The molecule has 2 aliphatic rings. The third-order valence-corrected chi connectivity index (χ3v) is 3.60. The number of nitrogens with one attached hydrogen (secondary N) is 1. The molecule has 0 saturated heterocycles. The number of aliphatic hydroxyl groups excluding tert-OH is 1. The molecule has 0 unspecified atom stereocenters. The molecule has 2 aliphatic carbocycles. The van der Waals surface area contributed by atoms with Crippen molar-refractivity contribution in [3.8, 4) is 0 Å². The van der Waals surface area contributed by atoms with Crippen molar-refractivity contribution in [3.05, 3.63) is 0 Å². The van der Waals surface area contributed by atoms with E-state index in [-0.39, 0.29) is 6.10 Å². The van der Waals surface area contributed by atoms with Gasteiger partial charge in [0, 0.05) is 19.2 Å². The largest absolute Gasteiger partial charge is 0.393 e. The number of hydrogen-bond acceptors (Lipinski definition) is 3. The monoisotopic (exact) mass is 199 g/mol. The van der Waals surface area contributed by atoms with Crippen molar-refractivity contribution in [2.75, 3.05) is 7.11 Å². The molecule has 14 heavy (non-hydrogen) atoms. The molecule has 2 fully saturated rings. The lowest BCUT2D eigenvalue weighted by atomic mass is 9.86. The van der Waals surface area contributed by atoms with E-state index < -0.39 is 0 Å². The minimum Gasteiger partial charge on any atom is -0.393 e. The molecule has 2 rings (SSSR count). The molecule has 0 atom stereocenters. The molecule has 0 radical (unpaired) electrons. The molecule has 0 aromatic carbocycles. The summed E-state index contributed by atoms with van der Waals surface area (Å²) in [6.07, 6.45) is 6.98. The van der Waals surface area contributed by atoms with Gasteiger partial charge in [0.1, 0.15) is 0 Å². The van der Waals surface area contributed by atoms with Gasteiger partial charge in [-0.2, -0.15) is 0 Å². The Morgan fingerprint density at radius 3 is 2.29 bits per heavy atom. The molecule has 2 N–H and O–H groups in total. The van der Waals surface area contributed by atoms with Crippen LogP contribution in [0.2, 0.25) is 0 Å². The Hall–Kier alpha value is -0.120. The summed E-state index contributed by atoms with van der Waals surface area (Å²) in [5.41, 5.74) is 0. The van der Waals surface area contributed by atoms with Crippen LogP contribution in [0.15, 0.2) is 0 Å². The van der Waals surface area contributed by atoms with Crippen LogP contribution in [-0.4, -0.2) is 36.5 Å². The summed E-state index contributed by atoms with van der Waals surface area (Å²) in [5.74, 6) is 0. The maximum atomic E-state index is 9.36. The van der Waals surface area contributed by atoms with Crippen molar-refractivity contribution < 1.29 is 9.84 Å². The molecule has 0 amide bonds. The standard InChI is InChI=1S/C11H21NO2/c1-14-11-6-9(7-11)12-8-2-4-10(13)5-3-8/h8-13H,2-7H2,1H3. The summed E-state index contributed by atoms with van der Waals surface area (Å²) in [6, 6.07) is 1.31. The number of ether oxygens (including phenoxy) is 1. The number of hydrogen-bond donors (Lipinski definition) is 2. The Kier molecular flexibility index (Phi) is 3.42. The van der Waals surface area contributed by atoms with Gasteiger partial charge in [-0.05, 0) is 38.5 Å². The van der Waals surface area contributed by atoms with E-state index in [1.54, 1.807) is 7.11 Å². The maximum Gasteiger partial charge on any atom is 0.0601 e. The highest BCUT2D eigenvalue weighted by atomic mass is 16.5. The number of methoxy groups -OCH3 is 1. The van der Waals surface area contributed by atoms with Gasteiger partial charge >= 0.3 is 0 Å². The minimum atomic E-state index is -0.0406. The molecule has 0 aromatic rings. The van der Waals surface area contributed by atoms with Gasteiger partial charge in [-0.3, -0.25) is 0 Å². The third-order valence-electron chi connectivity index (χ3n) is 3.60. The fraction of sp³-hybridized carbons (Fsp3) is 1.00. The van der Waals surface area contributed by atoms with E-state index in [1.807, 2.05) is 0 Å². The van der Waals surface area contributed by atoms with E-state index in [9.17, 15) is 5.11 Å². The molecule has 82 valence electrons. The Morgan fingerprint density at radius 1 is 1.07 bits per heavy atom. The second-order valence-electron chi connectivity index (χ2n) is 4.70. The van der Waals surface area contributed by atoms with Gasteiger partial charge < -0.3 is 15.2 Å². The zero-order valence-electron chi connectivity index (χ0n) is 8.91. The Labute approximate surface area is 85.8 Å². The third kappa shape index (κ3) is 2.47. The second-order valence-corrected chi connectivity index (χ2v) is 4.70. The van der Waals surface area contributed by atoms with Crippen molar-refractivity contribution >= 4 is 0 Å². The van der Waals surface area contributed by atoms with Crippen LogP contribution in [0.4, 0.5) is 0 Å². The lowest BCUT2D eigenvalue weighted by Crippen LogP contribution is -2.50. The first kappa shape index (κ1) is 10.4. The molecule has 3 heteroatoms. The van der Waals surface area contributed by atoms with Gasteiger partial charge in [0.25, 0.3) is 0 Å². The molecule has 0 aromatic heterocycles. The molecule has 3 nitrogen and oxygen atoms in total. The highest BCUT2D eigenvalue weighted by Gasteiger charge is 2.31. The van der Waals surface area contributed by atoms with E-state index in [2.05, 4.69) is 5.32 Å². The summed E-state index contributed by atoms with van der Waals surface area (Å²) >= 11 is 0. The Balaban J connectivity index is 1.62. The number of rotatable bonds is 3. The Bertz CT molecular complexity index is 172. The minimum absolute atomic E-state index is 0.0406. The first-order chi connectivity index (χ1) is 6.78. The average Bonchev–Trinajstić information content (AvgIpc) is 2.13. The lowest BCUT2D eigenvalue weighted by Gasteiger charge is -2.39. The predicted molar refractivity (Wildman–Crippen MR) is 55.2 cm³/mol. The topological polar surface area (TPSA) is 41.5 Å². The van der Waals surface area contributed by atoms with Gasteiger partial charge in [0.05, 0.1) is 12.2 Å². The van der Waals surface area contributed by atoms with Crippen LogP contribution < -0.4 is 5.32 Å². The summed E-state index contributed by atoms with van der Waals surface area (Å²) in [4.78, 5) is 0. The predicted octanol–water partition coefficient (Wildman–Crippen LogP) is 1.06. The zero-order chi connectivity index (χ0) is 9.97. The highest BCUT2D eigenvalue weighted by Crippen LogP contribution is 2.26. The SMILES string of the molecule is COC1CC(NC2CCC(O)CC2)C1. The van der Waals surface area contributed by atoms with Gasteiger partial charge in [0.2, 0.25) is 0 Å². The second kappa shape index (κ2) is 4.60. The van der Waals surface area contributed by atoms with Crippen LogP contribution in [0.5, 0.6) is 0 Å². The van der Waals surface area contributed by atoms with Crippen molar-refractivity contribution in [3.63, 3.8) is 0 Å². The van der Waals surface area contributed by atoms with Crippen LogP contribution in [0.25, 0.3) is 0 Å². The van der Waals surface area contributed by atoms with E-state index in [1.165, 1.54) is 0 Å². The fourth-order valence-corrected chi connectivity index (χ4v) is 2.47. The van der Waals surface area contributed by atoms with Gasteiger partial charge in [-0.1, -0.05) is 0 Å². The van der Waals surface area contributed by atoms with Crippen molar-refractivity contribution in [1.29, 1.82) is 0 Å². The van der Waals surface area contributed by atoms with Crippen LogP contribution >= 0.6 is 0 Å². The molecule has 0 heterocycles. The number of aliphatic hydroxyl groups is 1. The smallest absolute Gasteiger partial charge is 0.0601 e. The highest BCUT2D eigenvalue weighted by molar-refractivity contribution is 4.89. The van der Waals surface area contributed by atoms with Crippen molar-refractivity contribution in [2.24, 2.45) is 0 Å². The summed E-state index contributed by atoms with van der Waals surface area (Å²) < 4.78 is 5.24. The summed E-state index contributed by atoms with van der Waals surface area (Å²) in [7, 11) is 1.79. The first-order valence-electron chi connectivity index (χ1n) is 5.75. The van der Waals surface area contributed by atoms with Gasteiger partial charge in [-0.15, -0.1) is 0 Å². The summed E-state index contributed by atoms with van der Waals surface area (Å²) in [5, 5.41) is 13.0. The molecule has 0 spiro atoms. The molecular weight excluding hydrogens is 178 g/mol. The van der Waals surface area contributed by atoms with Gasteiger partial charge in [0.15, 0.2) is 0 Å². The Morgan fingerprint density at radius 2 is 1.71 bits per heavy atom. The quantitative estimate of drug-likeness (QED) is 0.714. The van der Waals surface area contributed by atoms with Crippen molar-refractivity contribution in [1.82, 2.24) is 5.32 Å². The molecule has 0 aliphatic heterocycles. The normalized spacial score (nSPS) is 43.3. The average molecular weight is 199 g/mol. The maximum absolute atomic E-state index is 9.36. The lowest BCUT2D eigenvalue weighted by molar-refractivity contribution is 0.0102. The van der Waals surface area contributed by atoms with E-state index in [0.29, 0.717) is 18.2 Å². The van der Waals surface area contributed by atoms with E-state index in [0.717, 1.165) is 38.5 Å². The van der Waals surface area contributed by atoms with Crippen LogP contribution in [-0.2, 0) is 4.74 Å². The van der Waals surface area contributed by atoms with Crippen LogP contribution in [0.3, 0.4) is 0 Å². The summed E-state index contributed by atoms with van der Waals surface area (Å²) in [6.45, 7) is 0. The van der Waals surface area contributed by atoms with Crippen LogP contribution in [0.1, 0.15) is 38.5 Å². The zero-order valence-corrected chi connectivity index (χ0v) is 8.91. The molecule has 2 saturated carbocycles. The first-order valence-corrected chi connectivity index (χ1v) is 5.75. The molecule has 0 bridgehead atoms. The molecular formula is C11H21NO2. The van der Waals surface area contributed by atoms with E-state index in [4.69, 9.17) is 4.74 Å². The van der Waals surface area contributed by atoms with Gasteiger partial charge in [-0.25, -0.2) is 0 Å². The fourth-order valence-electron chi connectivity index (χ4n) is 2.47. The van der Waals surface area contributed by atoms with E-state index >= 15 is 0 Å². The van der Waals surface area contributed by atoms with Crippen molar-refractivity contribution in [2.45, 2.75) is 62.8 Å². The van der Waals surface area contributed by atoms with Crippen LogP contribution in [0, 0.1) is 0 Å².